The van der Waals surface area contributed by atoms with Crippen LogP contribution in [0, 0.1) is 5.82 Å². The number of aromatic nitrogens is 1. The Morgan fingerprint density at radius 3 is 2.53 bits per heavy atom. The molecule has 186 valence electrons. The second-order valence-electron chi connectivity index (χ2n) is 9.34. The van der Waals surface area contributed by atoms with Gasteiger partial charge in [0.1, 0.15) is 11.6 Å². The van der Waals surface area contributed by atoms with Gasteiger partial charge >= 0.3 is 17.8 Å². The van der Waals surface area contributed by atoms with Gasteiger partial charge in [0, 0.05) is 49.2 Å². The van der Waals surface area contributed by atoms with Crippen LogP contribution in [0.4, 0.5) is 4.39 Å². The first-order valence-electron chi connectivity index (χ1n) is 11.9. The lowest BCUT2D eigenvalue weighted by molar-refractivity contribution is -0.286. The summed E-state index contributed by atoms with van der Waals surface area (Å²) in [5, 5.41) is 15.0. The van der Waals surface area contributed by atoms with E-state index in [0.29, 0.717) is 30.8 Å². The van der Waals surface area contributed by atoms with E-state index < -0.39 is 17.8 Å². The third-order valence-corrected chi connectivity index (χ3v) is 7.16. The minimum absolute atomic E-state index is 0.0836. The summed E-state index contributed by atoms with van der Waals surface area (Å²) < 4.78 is 30.2. The number of piperidine rings is 1. The predicted molar refractivity (Wildman–Crippen MR) is 124 cm³/mol. The third-order valence-electron chi connectivity index (χ3n) is 7.16. The van der Waals surface area contributed by atoms with Crippen LogP contribution >= 0.6 is 0 Å². The summed E-state index contributed by atoms with van der Waals surface area (Å²) in [7, 11) is 0. The Kier molecular flexibility index (Phi) is 5.50. The first-order valence-corrected chi connectivity index (χ1v) is 11.9. The molecule has 4 heterocycles. The number of phenols is 1. The van der Waals surface area contributed by atoms with Crippen LogP contribution in [0.25, 0.3) is 11.0 Å². The topological polar surface area (TPSA) is 105 Å². The number of carbonyl (C=O) groups is 2. The number of hydrogen-bond acceptors (Lipinski definition) is 9. The molecule has 1 saturated heterocycles. The van der Waals surface area contributed by atoms with Gasteiger partial charge in [0.25, 0.3) is 0 Å². The van der Waals surface area contributed by atoms with Crippen molar-refractivity contribution in [1.29, 1.82) is 0 Å². The summed E-state index contributed by atoms with van der Waals surface area (Å²) in [4.78, 5) is 28.7. The highest BCUT2D eigenvalue weighted by molar-refractivity contribution is 5.93. The second kappa shape index (κ2) is 8.72. The molecular formula is C26H24FN3O6. The number of halogens is 1. The van der Waals surface area contributed by atoms with E-state index in [4.69, 9.17) is 14.0 Å². The quantitative estimate of drug-likeness (QED) is 0.549. The molecule has 3 aliphatic heterocycles. The zero-order valence-electron chi connectivity index (χ0n) is 19.4. The summed E-state index contributed by atoms with van der Waals surface area (Å²) in [5.41, 5.74) is 2.58. The Morgan fingerprint density at radius 2 is 1.78 bits per heavy atom. The number of fused-ring (bicyclic) bond motifs is 3. The first kappa shape index (κ1) is 22.7. The fraction of sp³-hybridized carbons (Fsp3) is 0.346. The van der Waals surface area contributed by atoms with Gasteiger partial charge in [-0.15, -0.1) is 0 Å². The number of rotatable bonds is 4. The molecule has 1 fully saturated rings. The molecular weight excluding hydrogens is 469 g/mol. The first-order chi connectivity index (χ1) is 17.4. The zero-order valence-corrected chi connectivity index (χ0v) is 19.4. The van der Waals surface area contributed by atoms with Crippen LogP contribution < -0.4 is 0 Å². The average molecular weight is 493 g/mol. The number of ether oxygens (including phenoxy) is 2. The van der Waals surface area contributed by atoms with Crippen molar-refractivity contribution in [1.82, 2.24) is 15.0 Å². The molecule has 2 aromatic carbocycles. The normalized spacial score (nSPS) is 20.5. The lowest BCUT2D eigenvalue weighted by Gasteiger charge is -2.37. The SMILES string of the molecule is O=C1C=CC(=O)OC2(O1)c1ccc(O)cc1CN2CCN1CCC(c2noc3cc(F)ccc23)CC1. The van der Waals surface area contributed by atoms with Gasteiger partial charge in [0.05, 0.1) is 11.3 Å². The van der Waals surface area contributed by atoms with Crippen molar-refractivity contribution >= 4 is 22.9 Å². The molecule has 9 nitrogen and oxygen atoms in total. The summed E-state index contributed by atoms with van der Waals surface area (Å²) in [6.07, 6.45) is 3.85. The van der Waals surface area contributed by atoms with Crippen LogP contribution in [0.1, 0.15) is 35.6 Å². The van der Waals surface area contributed by atoms with Gasteiger partial charge in [-0.1, -0.05) is 5.16 Å². The third kappa shape index (κ3) is 3.92. The number of carbonyl (C=O) groups excluding carboxylic acids is 2. The summed E-state index contributed by atoms with van der Waals surface area (Å²) in [5.74, 6) is -3.07. The number of nitrogens with zero attached hydrogens (tertiary/aromatic N) is 3. The minimum atomic E-state index is -1.67. The highest BCUT2D eigenvalue weighted by atomic mass is 19.1. The van der Waals surface area contributed by atoms with Crippen molar-refractivity contribution in [2.24, 2.45) is 0 Å². The molecule has 0 unspecified atom stereocenters. The average Bonchev–Trinajstić information content (AvgIpc) is 3.34. The molecule has 0 amide bonds. The maximum Gasteiger partial charge on any atom is 0.350 e. The van der Waals surface area contributed by atoms with Crippen molar-refractivity contribution < 1.29 is 33.1 Å². The molecule has 0 bridgehead atoms. The minimum Gasteiger partial charge on any atom is -0.508 e. The van der Waals surface area contributed by atoms with Crippen LogP contribution in [0.5, 0.6) is 5.75 Å². The monoisotopic (exact) mass is 493 g/mol. The standard InChI is InChI=1S/C26H24FN3O6/c27-18-1-3-20-22(14-18)36-28-25(20)16-7-9-29(10-8-16)11-12-30-15-17-13-19(31)2-4-21(17)26(30)34-23(32)5-6-24(33)35-26/h1-6,13-14,16,31H,7-12,15H2. The van der Waals surface area contributed by atoms with Gasteiger partial charge in [0.2, 0.25) is 0 Å². The highest BCUT2D eigenvalue weighted by Crippen LogP contribution is 2.43. The summed E-state index contributed by atoms with van der Waals surface area (Å²) in [6.45, 7) is 3.10. The van der Waals surface area contributed by atoms with E-state index in [1.165, 1.54) is 18.2 Å². The molecule has 10 heteroatoms. The molecule has 1 spiro atoms. The van der Waals surface area contributed by atoms with Gasteiger partial charge in [0.15, 0.2) is 5.58 Å². The Morgan fingerprint density at radius 1 is 1.03 bits per heavy atom. The lowest BCUT2D eigenvalue weighted by Crippen LogP contribution is -2.50. The van der Waals surface area contributed by atoms with Gasteiger partial charge in [-0.25, -0.2) is 18.9 Å². The molecule has 36 heavy (non-hydrogen) atoms. The van der Waals surface area contributed by atoms with Crippen molar-refractivity contribution in [3.8, 4) is 5.75 Å². The van der Waals surface area contributed by atoms with Crippen molar-refractivity contribution in [2.75, 3.05) is 26.2 Å². The Labute approximate surface area is 205 Å². The molecule has 6 rings (SSSR count). The van der Waals surface area contributed by atoms with Crippen LogP contribution in [-0.4, -0.2) is 58.2 Å². The molecule has 1 N–H and O–H groups in total. The molecule has 3 aromatic rings. The van der Waals surface area contributed by atoms with E-state index in [9.17, 15) is 19.1 Å². The molecule has 1 aromatic heterocycles. The van der Waals surface area contributed by atoms with Gasteiger partial charge in [-0.2, -0.15) is 0 Å². The molecule has 0 radical (unpaired) electrons. The van der Waals surface area contributed by atoms with E-state index in [1.54, 1.807) is 18.2 Å². The Hall–Kier alpha value is -3.76. The van der Waals surface area contributed by atoms with Crippen molar-refractivity contribution in [3.63, 3.8) is 0 Å². The van der Waals surface area contributed by atoms with Crippen molar-refractivity contribution in [2.45, 2.75) is 31.2 Å². The number of benzene rings is 2. The van der Waals surface area contributed by atoms with Crippen LogP contribution in [0.15, 0.2) is 53.1 Å². The zero-order chi connectivity index (χ0) is 24.9. The number of esters is 2. The molecule has 0 aliphatic carbocycles. The second-order valence-corrected chi connectivity index (χ2v) is 9.34. The van der Waals surface area contributed by atoms with Gasteiger partial charge < -0.3 is 24.0 Å². The van der Waals surface area contributed by atoms with E-state index >= 15 is 0 Å². The van der Waals surface area contributed by atoms with Crippen LogP contribution in [0.2, 0.25) is 0 Å². The highest BCUT2D eigenvalue weighted by Gasteiger charge is 2.53. The lowest BCUT2D eigenvalue weighted by atomic mass is 9.91. The number of hydrogen-bond donors (Lipinski definition) is 1. The molecule has 0 saturated carbocycles. The van der Waals surface area contributed by atoms with Crippen molar-refractivity contribution in [3.05, 3.63) is 71.2 Å². The maximum absolute atomic E-state index is 13.5. The number of aromatic hydroxyl groups is 1. The van der Waals surface area contributed by atoms with E-state index in [1.807, 2.05) is 4.90 Å². The van der Waals surface area contributed by atoms with E-state index in [-0.39, 0.29) is 17.5 Å². The largest absolute Gasteiger partial charge is 0.508 e. The predicted octanol–water partition coefficient (Wildman–Crippen LogP) is 3.13. The van der Waals surface area contributed by atoms with Crippen LogP contribution in [0.3, 0.4) is 0 Å². The smallest absolute Gasteiger partial charge is 0.350 e. The van der Waals surface area contributed by atoms with Crippen LogP contribution in [-0.2, 0) is 31.5 Å². The summed E-state index contributed by atoms with van der Waals surface area (Å²) in [6, 6.07) is 9.19. The fourth-order valence-corrected chi connectivity index (χ4v) is 5.38. The molecule has 0 atom stereocenters. The van der Waals surface area contributed by atoms with Gasteiger partial charge in [-0.05, 0) is 61.8 Å². The summed E-state index contributed by atoms with van der Waals surface area (Å²) >= 11 is 0. The molecule has 3 aliphatic rings. The van der Waals surface area contributed by atoms with E-state index in [2.05, 4.69) is 10.1 Å². The number of likely N-dealkylation sites (tertiary alicyclic amines) is 1. The van der Waals surface area contributed by atoms with E-state index in [0.717, 1.165) is 54.7 Å². The maximum atomic E-state index is 13.5. The number of phenolic OH excluding ortho intramolecular Hbond substituents is 1. The Balaban J connectivity index is 1.15. The fourth-order valence-electron chi connectivity index (χ4n) is 5.38. The van der Waals surface area contributed by atoms with Gasteiger partial charge in [-0.3, -0.25) is 0 Å². The Bertz CT molecular complexity index is 1360.